The predicted octanol–water partition coefficient (Wildman–Crippen LogP) is 2.12. The highest BCUT2D eigenvalue weighted by Gasteiger charge is 2.12. The van der Waals surface area contributed by atoms with Gasteiger partial charge in [-0.15, -0.1) is 28.6 Å². The van der Waals surface area contributed by atoms with Crippen LogP contribution in [0.1, 0.15) is 13.8 Å². The average molecular weight is 382 g/mol. The van der Waals surface area contributed by atoms with Crippen molar-refractivity contribution in [3.05, 3.63) is 30.3 Å². The smallest absolute Gasteiger partial charge is 0.119 e. The Hall–Kier alpha value is -1.71. The van der Waals surface area contributed by atoms with Crippen LogP contribution in [0.3, 0.4) is 0 Å². The van der Waals surface area contributed by atoms with Crippen molar-refractivity contribution in [2.75, 3.05) is 30.1 Å². The van der Waals surface area contributed by atoms with Crippen LogP contribution in [0, 0.1) is 0 Å². The average Bonchev–Trinajstić information content (AvgIpc) is 2.61. The fourth-order valence-corrected chi connectivity index (χ4v) is 3.78. The third-order valence-electron chi connectivity index (χ3n) is 3.11. The maximum Gasteiger partial charge on any atom is 0.119 e. The molecule has 25 heavy (non-hydrogen) atoms. The summed E-state index contributed by atoms with van der Waals surface area (Å²) in [7, 11) is 2.10. The number of thioether (sulfide) groups is 2. The molecular weight excluding hydrogens is 354 g/mol. The molecule has 0 amide bonds. The van der Waals surface area contributed by atoms with E-state index in [4.69, 9.17) is 11.6 Å². The molecule has 1 atom stereocenters. The van der Waals surface area contributed by atoms with Crippen LogP contribution in [0.15, 0.2) is 45.5 Å². The van der Waals surface area contributed by atoms with Crippen molar-refractivity contribution in [3.63, 3.8) is 0 Å². The van der Waals surface area contributed by atoms with Gasteiger partial charge < -0.3 is 16.1 Å². The molecule has 0 heterocycles. The quantitative estimate of drug-likeness (QED) is 0.248. The number of para-hydroxylation sites is 1. The molecule has 9 heteroatoms. The third kappa shape index (κ3) is 10.0. The summed E-state index contributed by atoms with van der Waals surface area (Å²) in [6.07, 6.45) is 0. The Balaban J connectivity index is 2.60. The molecule has 1 unspecified atom stereocenters. The molecule has 1 aromatic carbocycles. The van der Waals surface area contributed by atoms with E-state index >= 15 is 0 Å². The van der Waals surface area contributed by atoms with Crippen molar-refractivity contribution in [1.82, 2.24) is 5.43 Å². The maximum absolute atomic E-state index is 5.46. The number of amidine groups is 2. The number of aliphatic imine (C=N–C) groups is 1. The zero-order valence-electron chi connectivity index (χ0n) is 14.9. The Morgan fingerprint density at radius 2 is 2.04 bits per heavy atom. The third-order valence-corrected chi connectivity index (χ3v) is 5.23. The van der Waals surface area contributed by atoms with Gasteiger partial charge in [0.1, 0.15) is 11.7 Å². The van der Waals surface area contributed by atoms with Crippen LogP contribution >= 0.6 is 23.5 Å². The zero-order valence-corrected chi connectivity index (χ0v) is 16.6. The number of benzene rings is 1. The summed E-state index contributed by atoms with van der Waals surface area (Å²) >= 11 is 3.40. The molecule has 0 spiro atoms. The fourth-order valence-electron chi connectivity index (χ4n) is 1.83. The second-order valence-electron chi connectivity index (χ2n) is 5.32. The molecule has 0 bridgehead atoms. The van der Waals surface area contributed by atoms with Gasteiger partial charge in [-0.2, -0.15) is 5.10 Å². The molecule has 0 aromatic heterocycles. The second-order valence-corrected chi connectivity index (χ2v) is 7.45. The van der Waals surface area contributed by atoms with E-state index in [-0.39, 0.29) is 0 Å². The molecule has 0 saturated carbocycles. The lowest BCUT2D eigenvalue weighted by Crippen LogP contribution is -2.29. The topological polar surface area (TPSA) is 104 Å². The molecule has 138 valence electrons. The van der Waals surface area contributed by atoms with Crippen LogP contribution in [-0.2, 0) is 0 Å². The lowest BCUT2D eigenvalue weighted by molar-refractivity contribution is 0.874. The Bertz CT molecular complexity index is 571. The van der Waals surface area contributed by atoms with Crippen molar-refractivity contribution >= 4 is 46.4 Å². The van der Waals surface area contributed by atoms with Gasteiger partial charge >= 0.3 is 0 Å². The van der Waals surface area contributed by atoms with Gasteiger partial charge in [0.15, 0.2) is 0 Å². The van der Waals surface area contributed by atoms with E-state index in [2.05, 4.69) is 44.7 Å². The van der Waals surface area contributed by atoms with E-state index in [1.54, 1.807) is 36.0 Å². The molecule has 0 aliphatic heterocycles. The van der Waals surface area contributed by atoms with Crippen molar-refractivity contribution in [3.8, 4) is 0 Å². The van der Waals surface area contributed by atoms with Crippen LogP contribution in [0.5, 0.6) is 0 Å². The summed E-state index contributed by atoms with van der Waals surface area (Å²) in [5.41, 5.74) is 10.9. The van der Waals surface area contributed by atoms with Gasteiger partial charge in [0.2, 0.25) is 0 Å². The van der Waals surface area contributed by atoms with E-state index in [0.717, 1.165) is 18.1 Å². The normalized spacial score (nSPS) is 13.9. The highest BCUT2D eigenvalue weighted by molar-refractivity contribution is 8.13. The second kappa shape index (κ2) is 12.6. The predicted molar refractivity (Wildman–Crippen MR) is 115 cm³/mol. The van der Waals surface area contributed by atoms with Crippen LogP contribution in [-0.4, -0.2) is 47.7 Å². The van der Waals surface area contributed by atoms with Gasteiger partial charge in [-0.3, -0.25) is 4.99 Å². The summed E-state index contributed by atoms with van der Waals surface area (Å²) in [5.74, 6) is 8.07. The van der Waals surface area contributed by atoms with Gasteiger partial charge in [-0.05, 0) is 26.0 Å². The van der Waals surface area contributed by atoms with Crippen LogP contribution < -0.4 is 21.9 Å². The number of nitrogens with one attached hydrogen (secondary N) is 1. The Labute approximate surface area is 158 Å². The first-order valence-corrected chi connectivity index (χ1v) is 9.91. The fraction of sp³-hybridized carbons (Fsp3) is 0.438. The van der Waals surface area contributed by atoms with Gasteiger partial charge in [0, 0.05) is 30.3 Å². The summed E-state index contributed by atoms with van der Waals surface area (Å²) < 4.78 is 0. The summed E-state index contributed by atoms with van der Waals surface area (Å²) in [5, 5.41) is 8.11. The number of anilines is 1. The molecule has 1 rings (SSSR count). The molecule has 0 aliphatic rings. The summed E-state index contributed by atoms with van der Waals surface area (Å²) in [4.78, 5) is 6.62. The Kier molecular flexibility index (Phi) is 10.8. The molecule has 7 nitrogen and oxygen atoms in total. The zero-order chi connectivity index (χ0) is 18.5. The summed E-state index contributed by atoms with van der Waals surface area (Å²) in [6.45, 7) is 4.46. The monoisotopic (exact) mass is 381 g/mol. The largest absolute Gasteiger partial charge is 0.386 e. The van der Waals surface area contributed by atoms with Crippen LogP contribution in [0.25, 0.3) is 0 Å². The van der Waals surface area contributed by atoms with Crippen LogP contribution in [0.4, 0.5) is 5.69 Å². The van der Waals surface area contributed by atoms with E-state index in [1.807, 2.05) is 25.1 Å². The number of nitrogens with two attached hydrogens (primary N) is 2. The summed E-state index contributed by atoms with van der Waals surface area (Å²) in [6, 6.07) is 10.3. The van der Waals surface area contributed by atoms with Crippen molar-refractivity contribution in [2.45, 2.75) is 19.1 Å². The van der Waals surface area contributed by atoms with Gasteiger partial charge in [0.25, 0.3) is 0 Å². The van der Waals surface area contributed by atoms with E-state index in [1.165, 1.54) is 5.69 Å². The minimum absolute atomic E-state index is 0.374. The number of nitrogens with zero attached hydrogens (tertiary/aromatic N) is 4. The van der Waals surface area contributed by atoms with Crippen molar-refractivity contribution < 1.29 is 0 Å². The minimum atomic E-state index is 0.374. The highest BCUT2D eigenvalue weighted by Crippen LogP contribution is 2.20. The lowest BCUT2D eigenvalue weighted by Gasteiger charge is -2.24. The highest BCUT2D eigenvalue weighted by atomic mass is 32.2. The van der Waals surface area contributed by atoms with Gasteiger partial charge in [-0.1, -0.05) is 18.2 Å². The number of hydrogen-bond acceptors (Lipinski definition) is 7. The molecule has 0 radical (unpaired) electrons. The molecule has 5 N–H and O–H groups in total. The van der Waals surface area contributed by atoms with E-state index in [9.17, 15) is 0 Å². The Morgan fingerprint density at radius 1 is 1.32 bits per heavy atom. The van der Waals surface area contributed by atoms with Gasteiger partial charge in [-0.25, -0.2) is 5.84 Å². The van der Waals surface area contributed by atoms with Gasteiger partial charge in [0.05, 0.1) is 11.4 Å². The minimum Gasteiger partial charge on any atom is -0.386 e. The number of hydrogen-bond donors (Lipinski definition) is 3. The first kappa shape index (κ1) is 21.3. The van der Waals surface area contributed by atoms with E-state index < -0.39 is 0 Å². The van der Waals surface area contributed by atoms with Crippen molar-refractivity contribution in [2.24, 2.45) is 26.8 Å². The van der Waals surface area contributed by atoms with E-state index in [0.29, 0.717) is 17.0 Å². The standard InChI is InChI=1S/C16H27N7S2/c1-13(17)22-20-12-24-10-16(25-11-19-14(2)21-18)9-23(3)15-7-5-4-6-8-15/h4-8,12,16H,9-11,18H2,1-3H3,(H2,17,22)(H,19,21)/b20-12+. The first-order chi connectivity index (χ1) is 12.0. The first-order valence-electron chi connectivity index (χ1n) is 7.81. The molecule has 0 fully saturated rings. The molecular formula is C16H27N7S2. The van der Waals surface area contributed by atoms with Crippen LogP contribution in [0.2, 0.25) is 0 Å². The maximum atomic E-state index is 5.46. The molecule has 0 saturated heterocycles. The van der Waals surface area contributed by atoms with Crippen molar-refractivity contribution in [1.29, 1.82) is 0 Å². The Morgan fingerprint density at radius 3 is 2.68 bits per heavy atom. The molecule has 1 aromatic rings. The molecule has 0 aliphatic carbocycles. The number of rotatable bonds is 10. The SMILES string of the molecule is C/C(=N/CSC(CS/C=N/N=C(\C)N)CN(C)c1ccccc1)NN. The number of hydrazine groups is 1. The lowest BCUT2D eigenvalue weighted by atomic mass is 10.3.